The minimum absolute atomic E-state index is 0. The first kappa shape index (κ1) is 36.2. The van der Waals surface area contributed by atoms with Crippen LogP contribution < -0.4 is 37.3 Å². The molecule has 0 bridgehead atoms. The van der Waals surface area contributed by atoms with Crippen molar-refractivity contribution in [3.05, 3.63) is 96.8 Å². The molecule has 2 aliphatic rings. The predicted molar refractivity (Wildman–Crippen MR) is 201 cm³/mol. The number of hydrogen-bond donors (Lipinski definition) is 2. The molecule has 11 heteroatoms. The molecule has 1 aliphatic heterocycles. The van der Waals surface area contributed by atoms with Crippen LogP contribution >= 0.6 is 0 Å². The van der Waals surface area contributed by atoms with Crippen LogP contribution in [0.2, 0.25) is 0 Å². The number of methoxy groups -OCH3 is 2. The number of allylic oxidation sites excluding steroid dienone is 1. The van der Waals surface area contributed by atoms with Crippen molar-refractivity contribution in [1.82, 2.24) is 10.5 Å². The van der Waals surface area contributed by atoms with Crippen molar-refractivity contribution < 1.29 is 40.5 Å². The summed E-state index contributed by atoms with van der Waals surface area (Å²) in [6, 6.07) is 25.6. The fourth-order valence-electron chi connectivity index (χ4n) is 6.52. The number of fused-ring (bicyclic) bond motifs is 4. The number of nitrogens with one attached hydrogen (secondary N) is 2. The molecule has 1 aliphatic carbocycles. The fourth-order valence-corrected chi connectivity index (χ4v) is 6.52. The molecule has 1 amide bonds. The molecule has 0 saturated carbocycles. The number of carbonyl (C=O) groups is 1. The molecule has 2 heterocycles. The minimum atomic E-state index is -0.125. The van der Waals surface area contributed by atoms with E-state index in [1.165, 1.54) is 5.71 Å². The van der Waals surface area contributed by atoms with Crippen LogP contribution in [0, 0.1) is 0 Å². The first-order valence-corrected chi connectivity index (χ1v) is 17.2. The lowest BCUT2D eigenvalue weighted by Crippen LogP contribution is -3.00. The largest absolute Gasteiger partial charge is 1.00 e. The van der Waals surface area contributed by atoms with Gasteiger partial charge in [0.25, 0.3) is 0 Å². The molecule has 5 aromatic rings. The van der Waals surface area contributed by atoms with Crippen molar-refractivity contribution in [1.29, 1.82) is 0 Å². The second-order valence-electron chi connectivity index (χ2n) is 12.8. The summed E-state index contributed by atoms with van der Waals surface area (Å²) in [5.41, 5.74) is 7.25. The Morgan fingerprint density at radius 2 is 1.56 bits per heavy atom. The van der Waals surface area contributed by atoms with Gasteiger partial charge in [-0.05, 0) is 60.9 Å². The van der Waals surface area contributed by atoms with E-state index in [1.807, 2.05) is 60.7 Å². The Kier molecular flexibility index (Phi) is 11.2. The highest BCUT2D eigenvalue weighted by Gasteiger charge is 2.31. The highest BCUT2D eigenvalue weighted by atomic mass is 35.5. The van der Waals surface area contributed by atoms with Gasteiger partial charge in [0.2, 0.25) is 5.91 Å². The number of aliphatic imine (C=N–C) groups is 1. The van der Waals surface area contributed by atoms with E-state index < -0.39 is 0 Å². The van der Waals surface area contributed by atoms with E-state index in [4.69, 9.17) is 23.7 Å². The molecule has 1 atom stereocenters. The van der Waals surface area contributed by atoms with Crippen LogP contribution in [0.5, 0.6) is 17.2 Å². The Balaban J connectivity index is 0.00000464. The number of anilines is 1. The van der Waals surface area contributed by atoms with Crippen LogP contribution in [-0.2, 0) is 11.2 Å². The van der Waals surface area contributed by atoms with Crippen LogP contribution in [0.4, 0.5) is 11.4 Å². The zero-order valence-electron chi connectivity index (χ0n) is 29.7. The zero-order valence-corrected chi connectivity index (χ0v) is 30.5. The monoisotopic (exact) mass is 719 g/mol. The van der Waals surface area contributed by atoms with Crippen LogP contribution in [0.3, 0.4) is 0 Å². The van der Waals surface area contributed by atoms with Gasteiger partial charge in [0.15, 0.2) is 17.6 Å². The lowest BCUT2D eigenvalue weighted by Gasteiger charge is -2.28. The molecule has 7 rings (SSSR count). The van der Waals surface area contributed by atoms with Gasteiger partial charge in [0.1, 0.15) is 42.7 Å². The Labute approximate surface area is 309 Å². The highest BCUT2D eigenvalue weighted by molar-refractivity contribution is 6.14. The van der Waals surface area contributed by atoms with Gasteiger partial charge in [0, 0.05) is 47.3 Å². The highest BCUT2D eigenvalue weighted by Crippen LogP contribution is 2.44. The molecule has 0 spiro atoms. The normalized spacial score (nSPS) is 14.3. The number of ether oxygens (including phenoxy) is 3. The van der Waals surface area contributed by atoms with Gasteiger partial charge >= 0.3 is 0 Å². The topological polar surface area (TPSA) is 110 Å². The van der Waals surface area contributed by atoms with E-state index >= 15 is 0 Å². The van der Waals surface area contributed by atoms with Gasteiger partial charge in [-0.25, -0.2) is 9.57 Å². The van der Waals surface area contributed by atoms with Crippen molar-refractivity contribution in [3.8, 4) is 39.6 Å². The first-order chi connectivity index (χ1) is 24.9. The Morgan fingerprint density at radius 1 is 0.885 bits per heavy atom. The second kappa shape index (κ2) is 16.2. The van der Waals surface area contributed by atoms with Gasteiger partial charge in [-0.2, -0.15) is 0 Å². The number of aromatic nitrogens is 1. The summed E-state index contributed by atoms with van der Waals surface area (Å²) in [5, 5.41) is 13.2. The van der Waals surface area contributed by atoms with Crippen molar-refractivity contribution in [2.75, 3.05) is 46.7 Å². The molecule has 1 unspecified atom stereocenters. The number of nitrogens with zero attached hydrogens (tertiary/aromatic N) is 3. The molecule has 268 valence electrons. The summed E-state index contributed by atoms with van der Waals surface area (Å²) >= 11 is 0. The maximum atomic E-state index is 13.1. The van der Waals surface area contributed by atoms with E-state index in [-0.39, 0.29) is 30.8 Å². The summed E-state index contributed by atoms with van der Waals surface area (Å²) < 4.78 is 25.1. The zero-order chi connectivity index (χ0) is 35.3. The number of hydrogen-bond acceptors (Lipinski definition) is 8. The van der Waals surface area contributed by atoms with Crippen molar-refractivity contribution in [2.24, 2.45) is 4.99 Å². The first-order valence-electron chi connectivity index (χ1n) is 17.2. The summed E-state index contributed by atoms with van der Waals surface area (Å²) in [6.07, 6.45) is 6.61. The van der Waals surface area contributed by atoms with E-state index in [1.54, 1.807) is 14.2 Å². The van der Waals surface area contributed by atoms with Crippen LogP contribution in [0.1, 0.15) is 25.0 Å². The average Bonchev–Trinajstić information content (AvgIpc) is 3.58. The van der Waals surface area contributed by atoms with Crippen molar-refractivity contribution >= 4 is 39.5 Å². The summed E-state index contributed by atoms with van der Waals surface area (Å²) in [5.74, 6) is 2.66. The Morgan fingerprint density at radius 3 is 2.25 bits per heavy atom. The maximum Gasteiger partial charge on any atom is 0.227 e. The van der Waals surface area contributed by atoms with Crippen LogP contribution in [-0.4, -0.2) is 74.6 Å². The third kappa shape index (κ3) is 7.67. The SMILES string of the molecule is COc1ccc(-c2noc(CC(=O)NCCCCNc3cc4c(c5ccccc35)N=C3C=CC(=[N+](C)C)CC3O4)c2-c2ccc(OC)cc2)cc1.[Cl-]. The number of benzene rings is 4. The standard InChI is InChI=1S/C41H41N5O5.ClH/c1-46(2)28-15-20-33-35(23-28)50-37-24-34(31-9-5-6-10-32(31)41(37)44-33)42-21-7-8-22-43-38(47)25-36-39(26-11-16-29(48-3)17-12-26)40(45-51-36)27-13-18-30(49-4)19-14-27;/h5-6,9-20,24,35H,7-8,21-23,25H2,1-4H3,(H,43,47);1H. The molecular formula is C41H42ClN5O5. The molecule has 0 fully saturated rings. The van der Waals surface area contributed by atoms with Gasteiger partial charge < -0.3 is 41.8 Å². The van der Waals surface area contributed by atoms with Gasteiger partial charge in [-0.1, -0.05) is 41.6 Å². The number of amides is 1. The smallest absolute Gasteiger partial charge is 0.227 e. The summed E-state index contributed by atoms with van der Waals surface area (Å²) in [4.78, 5) is 18.2. The predicted octanol–water partition coefficient (Wildman–Crippen LogP) is 4.24. The van der Waals surface area contributed by atoms with Crippen LogP contribution in [0.15, 0.2) is 101 Å². The molecular weight excluding hydrogens is 678 g/mol. The molecule has 0 radical (unpaired) electrons. The van der Waals surface area contributed by atoms with Crippen LogP contribution in [0.25, 0.3) is 33.2 Å². The second-order valence-corrected chi connectivity index (χ2v) is 12.8. The summed E-state index contributed by atoms with van der Waals surface area (Å²) in [6.45, 7) is 1.29. The van der Waals surface area contributed by atoms with Crippen molar-refractivity contribution in [2.45, 2.75) is 31.8 Å². The van der Waals surface area contributed by atoms with Crippen molar-refractivity contribution in [3.63, 3.8) is 0 Å². The molecule has 4 aromatic carbocycles. The van der Waals surface area contributed by atoms with Gasteiger partial charge in [0.05, 0.1) is 38.3 Å². The molecule has 0 saturated heterocycles. The average molecular weight is 720 g/mol. The van der Waals surface area contributed by atoms with E-state index in [2.05, 4.69) is 64.8 Å². The number of rotatable bonds is 12. The van der Waals surface area contributed by atoms with E-state index in [0.29, 0.717) is 18.0 Å². The Hall–Kier alpha value is -5.61. The Bertz CT molecular complexity index is 2150. The fraction of sp³-hybridized carbons (Fsp3) is 0.268. The van der Waals surface area contributed by atoms with E-state index in [9.17, 15) is 4.79 Å². The number of halogens is 1. The van der Waals surface area contributed by atoms with Gasteiger partial charge in [-0.3, -0.25) is 4.79 Å². The third-order valence-corrected chi connectivity index (χ3v) is 9.30. The summed E-state index contributed by atoms with van der Waals surface area (Å²) in [7, 11) is 7.36. The lowest BCUT2D eigenvalue weighted by atomic mass is 9.97. The lowest BCUT2D eigenvalue weighted by molar-refractivity contribution is -0.465. The quantitative estimate of drug-likeness (QED) is 0.147. The third-order valence-electron chi connectivity index (χ3n) is 9.30. The van der Waals surface area contributed by atoms with Gasteiger partial charge in [-0.15, -0.1) is 0 Å². The molecule has 1 aromatic heterocycles. The molecule has 10 nitrogen and oxygen atoms in total. The number of unbranched alkanes of at least 4 members (excludes halogenated alkanes) is 1. The number of carbonyl (C=O) groups excluding carboxylic acids is 1. The molecule has 52 heavy (non-hydrogen) atoms. The minimum Gasteiger partial charge on any atom is -1.00 e. The maximum absolute atomic E-state index is 13.1. The van der Waals surface area contributed by atoms with E-state index in [0.717, 1.165) is 87.6 Å². The molecule has 2 N–H and O–H groups in total.